The number of hydrogen-bond donors (Lipinski definition) is 2. The number of nitrogens with two attached hydrogens (primary N) is 1. The van der Waals surface area contributed by atoms with E-state index in [4.69, 9.17) is 18.0 Å². The monoisotopic (exact) mass is 278 g/mol. The molecule has 1 aliphatic rings. The molecule has 0 amide bonds. The van der Waals surface area contributed by atoms with Gasteiger partial charge in [0.15, 0.2) is 0 Å². The molecule has 4 nitrogen and oxygen atoms in total. The summed E-state index contributed by atoms with van der Waals surface area (Å²) >= 11 is 4.95. The zero-order chi connectivity index (χ0) is 13.7. The van der Waals surface area contributed by atoms with Gasteiger partial charge in [0.25, 0.3) is 0 Å². The van der Waals surface area contributed by atoms with Crippen LogP contribution in [0, 0.1) is 5.92 Å². The van der Waals surface area contributed by atoms with Gasteiger partial charge in [0.1, 0.15) is 10.7 Å². The molecular weight excluding hydrogens is 256 g/mol. The molecule has 19 heavy (non-hydrogen) atoms. The molecule has 0 bridgehead atoms. The van der Waals surface area contributed by atoms with E-state index >= 15 is 0 Å². The van der Waals surface area contributed by atoms with Crippen molar-refractivity contribution < 1.29 is 0 Å². The minimum Gasteiger partial charge on any atom is -0.388 e. The summed E-state index contributed by atoms with van der Waals surface area (Å²) in [6.45, 7) is 2.21. The Kier molecular flexibility index (Phi) is 5.07. The molecule has 1 heterocycles. The molecule has 2 rings (SSSR count). The lowest BCUT2D eigenvalue weighted by Crippen LogP contribution is -2.31. The van der Waals surface area contributed by atoms with Gasteiger partial charge in [-0.3, -0.25) is 0 Å². The number of nitrogens with zero attached hydrogens (tertiary/aromatic N) is 2. The first-order valence-corrected chi connectivity index (χ1v) is 7.51. The van der Waals surface area contributed by atoms with Crippen LogP contribution in [0.3, 0.4) is 0 Å². The molecule has 1 saturated carbocycles. The van der Waals surface area contributed by atoms with Crippen molar-refractivity contribution in [1.29, 1.82) is 0 Å². The van der Waals surface area contributed by atoms with Gasteiger partial charge in [0.2, 0.25) is 5.95 Å². The Morgan fingerprint density at radius 2 is 2.21 bits per heavy atom. The minimum atomic E-state index is 0.316. The van der Waals surface area contributed by atoms with E-state index in [-0.39, 0.29) is 0 Å². The van der Waals surface area contributed by atoms with E-state index in [1.54, 1.807) is 12.3 Å². The van der Waals surface area contributed by atoms with Crippen LogP contribution in [0.5, 0.6) is 0 Å². The van der Waals surface area contributed by atoms with Gasteiger partial charge in [0, 0.05) is 12.2 Å². The fourth-order valence-corrected chi connectivity index (χ4v) is 2.93. The zero-order valence-corrected chi connectivity index (χ0v) is 12.2. The van der Waals surface area contributed by atoms with E-state index < -0.39 is 0 Å². The molecule has 1 aliphatic carbocycles. The van der Waals surface area contributed by atoms with Crippen LogP contribution in [0.4, 0.5) is 5.95 Å². The fourth-order valence-electron chi connectivity index (χ4n) is 2.82. The number of aromatic nitrogens is 2. The molecule has 1 aromatic rings. The van der Waals surface area contributed by atoms with Gasteiger partial charge < -0.3 is 11.1 Å². The molecule has 0 aromatic carbocycles. The largest absolute Gasteiger partial charge is 0.388 e. The summed E-state index contributed by atoms with van der Waals surface area (Å²) < 4.78 is 0. The Balaban J connectivity index is 2.04. The molecule has 0 spiro atoms. The molecule has 1 aromatic heterocycles. The third-order valence-corrected chi connectivity index (χ3v) is 4.09. The molecular formula is C14H22N4S. The van der Waals surface area contributed by atoms with Crippen molar-refractivity contribution in [1.82, 2.24) is 9.97 Å². The lowest BCUT2D eigenvalue weighted by molar-refractivity contribution is 0.312. The van der Waals surface area contributed by atoms with Crippen molar-refractivity contribution in [2.24, 2.45) is 11.7 Å². The first-order valence-electron chi connectivity index (χ1n) is 7.10. The molecule has 0 radical (unpaired) electrons. The summed E-state index contributed by atoms with van der Waals surface area (Å²) in [7, 11) is 0. The number of nitrogens with one attached hydrogen (secondary N) is 1. The van der Waals surface area contributed by atoms with Crippen LogP contribution in [0.1, 0.15) is 51.1 Å². The van der Waals surface area contributed by atoms with Gasteiger partial charge in [0.05, 0.1) is 0 Å². The summed E-state index contributed by atoms with van der Waals surface area (Å²) in [6, 6.07) is 2.19. The second-order valence-corrected chi connectivity index (χ2v) is 5.63. The SMILES string of the molecule is CCC(Nc1nccc(C(N)=S)n1)C1CCCCC1. The first kappa shape index (κ1) is 14.2. The Morgan fingerprint density at radius 1 is 1.47 bits per heavy atom. The van der Waals surface area contributed by atoms with E-state index in [0.717, 1.165) is 12.3 Å². The third-order valence-electron chi connectivity index (χ3n) is 3.88. The van der Waals surface area contributed by atoms with Crippen LogP contribution < -0.4 is 11.1 Å². The Labute approximate surface area is 120 Å². The van der Waals surface area contributed by atoms with Crippen molar-refractivity contribution in [3.05, 3.63) is 18.0 Å². The summed E-state index contributed by atoms with van der Waals surface area (Å²) in [5.41, 5.74) is 6.23. The highest BCUT2D eigenvalue weighted by molar-refractivity contribution is 7.80. The van der Waals surface area contributed by atoms with E-state index in [9.17, 15) is 0 Å². The molecule has 104 valence electrons. The number of thiocarbonyl (C=S) groups is 1. The summed E-state index contributed by atoms with van der Waals surface area (Å²) in [5, 5.41) is 3.46. The van der Waals surface area contributed by atoms with Crippen molar-refractivity contribution in [2.45, 2.75) is 51.5 Å². The molecule has 1 atom stereocenters. The van der Waals surface area contributed by atoms with Crippen LogP contribution >= 0.6 is 12.2 Å². The van der Waals surface area contributed by atoms with Crippen molar-refractivity contribution in [3.63, 3.8) is 0 Å². The van der Waals surface area contributed by atoms with Crippen LogP contribution in [0.15, 0.2) is 12.3 Å². The zero-order valence-electron chi connectivity index (χ0n) is 11.4. The lowest BCUT2D eigenvalue weighted by atomic mass is 9.83. The number of rotatable bonds is 5. The summed E-state index contributed by atoms with van der Waals surface area (Å²) in [6.07, 6.45) is 9.47. The van der Waals surface area contributed by atoms with Crippen molar-refractivity contribution in [2.75, 3.05) is 5.32 Å². The molecule has 1 fully saturated rings. The highest BCUT2D eigenvalue weighted by Gasteiger charge is 2.22. The fraction of sp³-hybridized carbons (Fsp3) is 0.643. The second kappa shape index (κ2) is 6.80. The van der Waals surface area contributed by atoms with Crippen molar-refractivity contribution in [3.8, 4) is 0 Å². The average Bonchev–Trinajstić information content (AvgIpc) is 2.46. The molecule has 5 heteroatoms. The van der Waals surface area contributed by atoms with E-state index in [1.165, 1.54) is 32.1 Å². The Morgan fingerprint density at radius 3 is 2.84 bits per heavy atom. The highest BCUT2D eigenvalue weighted by atomic mass is 32.1. The Hall–Kier alpha value is -1.23. The van der Waals surface area contributed by atoms with Gasteiger partial charge in [-0.2, -0.15) is 0 Å². The molecule has 0 saturated heterocycles. The quantitative estimate of drug-likeness (QED) is 0.811. The predicted octanol–water partition coefficient (Wildman–Crippen LogP) is 2.88. The summed E-state index contributed by atoms with van der Waals surface area (Å²) in [4.78, 5) is 8.95. The maximum atomic E-state index is 5.60. The normalized spacial score (nSPS) is 17.9. The van der Waals surface area contributed by atoms with Crippen molar-refractivity contribution >= 4 is 23.2 Å². The maximum Gasteiger partial charge on any atom is 0.223 e. The first-order chi connectivity index (χ1) is 9.20. The van der Waals surface area contributed by atoms with Crippen LogP contribution in [0.25, 0.3) is 0 Å². The van der Waals surface area contributed by atoms with Gasteiger partial charge in [-0.05, 0) is 31.2 Å². The van der Waals surface area contributed by atoms with E-state index in [0.29, 0.717) is 22.7 Å². The lowest BCUT2D eigenvalue weighted by Gasteiger charge is -2.30. The number of hydrogen-bond acceptors (Lipinski definition) is 4. The van der Waals surface area contributed by atoms with Gasteiger partial charge in [-0.25, -0.2) is 9.97 Å². The minimum absolute atomic E-state index is 0.316. The van der Waals surface area contributed by atoms with Gasteiger partial charge in [-0.1, -0.05) is 38.4 Å². The standard InChI is InChI=1S/C14H22N4S/c1-2-11(10-6-4-3-5-7-10)17-14-16-9-8-12(18-14)13(15)19/h8-11H,2-7H2,1H3,(H2,15,19)(H,16,17,18). The average molecular weight is 278 g/mol. The summed E-state index contributed by atoms with van der Waals surface area (Å²) in [5.74, 6) is 1.37. The predicted molar refractivity (Wildman–Crippen MR) is 82.2 cm³/mol. The molecule has 3 N–H and O–H groups in total. The number of anilines is 1. The highest BCUT2D eigenvalue weighted by Crippen LogP contribution is 2.28. The van der Waals surface area contributed by atoms with Crippen LogP contribution in [0.2, 0.25) is 0 Å². The van der Waals surface area contributed by atoms with Gasteiger partial charge >= 0.3 is 0 Å². The van der Waals surface area contributed by atoms with Gasteiger partial charge in [-0.15, -0.1) is 0 Å². The third kappa shape index (κ3) is 3.86. The second-order valence-electron chi connectivity index (χ2n) is 5.19. The molecule has 0 aliphatic heterocycles. The van der Waals surface area contributed by atoms with E-state index in [1.807, 2.05) is 0 Å². The van der Waals surface area contributed by atoms with Crippen LogP contribution in [-0.4, -0.2) is 21.0 Å². The topological polar surface area (TPSA) is 63.8 Å². The smallest absolute Gasteiger partial charge is 0.223 e. The van der Waals surface area contributed by atoms with E-state index in [2.05, 4.69) is 22.2 Å². The molecule has 1 unspecified atom stereocenters. The maximum absolute atomic E-state index is 5.60. The Bertz CT molecular complexity index is 429. The van der Waals surface area contributed by atoms with Crippen LogP contribution in [-0.2, 0) is 0 Å².